The second kappa shape index (κ2) is 7.21. The van der Waals surface area contributed by atoms with Crippen molar-refractivity contribution >= 4 is 28.2 Å². The van der Waals surface area contributed by atoms with Gasteiger partial charge in [0.15, 0.2) is 5.82 Å². The molecule has 3 aromatic rings. The van der Waals surface area contributed by atoms with Gasteiger partial charge in [0.1, 0.15) is 5.56 Å². The zero-order valence-corrected chi connectivity index (χ0v) is 15.8. The minimum Gasteiger partial charge on any atom is -0.396 e. The number of nitrogens with two attached hydrogens (primary N) is 1. The third-order valence-electron chi connectivity index (χ3n) is 5.39. The summed E-state index contributed by atoms with van der Waals surface area (Å²) < 4.78 is 16.6. The normalized spacial score (nSPS) is 17.9. The predicted octanol–water partition coefficient (Wildman–Crippen LogP) is 2.83. The van der Waals surface area contributed by atoms with Crippen molar-refractivity contribution in [3.05, 3.63) is 69.8 Å². The molecule has 7 nitrogen and oxygen atoms in total. The SMILES string of the molecule is CCn1cc(C(=O)NO)c(=O)c2c(N)c(F)c(N[C@@H]3C[C@H]3c3ccccc3)cc21. The molecule has 0 bridgehead atoms. The summed E-state index contributed by atoms with van der Waals surface area (Å²) in [5, 5.41) is 12.0. The largest absolute Gasteiger partial charge is 0.396 e. The highest BCUT2D eigenvalue weighted by molar-refractivity contribution is 6.01. The zero-order valence-electron chi connectivity index (χ0n) is 15.8. The molecule has 0 radical (unpaired) electrons. The van der Waals surface area contributed by atoms with E-state index >= 15 is 0 Å². The molecule has 1 saturated carbocycles. The van der Waals surface area contributed by atoms with Crippen LogP contribution in [0, 0.1) is 5.82 Å². The van der Waals surface area contributed by atoms with Crippen molar-refractivity contribution in [2.75, 3.05) is 11.1 Å². The Morgan fingerprint density at radius 1 is 1.34 bits per heavy atom. The molecule has 1 aliphatic rings. The first-order valence-corrected chi connectivity index (χ1v) is 9.37. The topological polar surface area (TPSA) is 109 Å². The van der Waals surface area contributed by atoms with Crippen LogP contribution in [0.5, 0.6) is 0 Å². The van der Waals surface area contributed by atoms with Gasteiger partial charge in [-0.15, -0.1) is 0 Å². The zero-order chi connectivity index (χ0) is 20.7. The number of anilines is 2. The predicted molar refractivity (Wildman–Crippen MR) is 109 cm³/mol. The number of benzene rings is 2. The van der Waals surface area contributed by atoms with E-state index in [9.17, 15) is 14.0 Å². The summed E-state index contributed by atoms with van der Waals surface area (Å²) in [5.74, 6) is -1.40. The van der Waals surface area contributed by atoms with Gasteiger partial charge in [-0.3, -0.25) is 14.8 Å². The molecule has 0 unspecified atom stereocenters. The fraction of sp³-hybridized carbons (Fsp3) is 0.238. The minimum atomic E-state index is -0.968. The van der Waals surface area contributed by atoms with Gasteiger partial charge in [0.05, 0.1) is 22.3 Å². The quantitative estimate of drug-likeness (QED) is 0.301. The lowest BCUT2D eigenvalue weighted by atomic mass is 10.1. The summed E-state index contributed by atoms with van der Waals surface area (Å²) in [7, 11) is 0. The van der Waals surface area contributed by atoms with Gasteiger partial charge in [0, 0.05) is 24.7 Å². The fourth-order valence-corrected chi connectivity index (χ4v) is 3.76. The van der Waals surface area contributed by atoms with Gasteiger partial charge >= 0.3 is 0 Å². The molecule has 1 amide bonds. The summed E-state index contributed by atoms with van der Waals surface area (Å²) in [6, 6.07) is 11.6. The van der Waals surface area contributed by atoms with Crippen molar-refractivity contribution in [1.82, 2.24) is 10.0 Å². The Labute approximate surface area is 165 Å². The van der Waals surface area contributed by atoms with E-state index in [1.807, 2.05) is 37.3 Å². The Kier molecular flexibility index (Phi) is 4.71. The average molecular weight is 396 g/mol. The van der Waals surface area contributed by atoms with Crippen LogP contribution in [0.4, 0.5) is 15.8 Å². The lowest BCUT2D eigenvalue weighted by Crippen LogP contribution is -2.28. The monoisotopic (exact) mass is 396 g/mol. The number of hydroxylamine groups is 1. The van der Waals surface area contributed by atoms with Crippen LogP contribution < -0.4 is 22.0 Å². The van der Waals surface area contributed by atoms with Crippen molar-refractivity contribution in [3.8, 4) is 0 Å². The van der Waals surface area contributed by atoms with Gasteiger partial charge in [-0.25, -0.2) is 9.87 Å². The molecule has 150 valence electrons. The Balaban J connectivity index is 1.77. The first-order chi connectivity index (χ1) is 14.0. The van der Waals surface area contributed by atoms with Crippen LogP contribution >= 0.6 is 0 Å². The number of halogens is 1. The number of rotatable bonds is 5. The maximum absolute atomic E-state index is 15.0. The van der Waals surface area contributed by atoms with E-state index < -0.39 is 17.2 Å². The van der Waals surface area contributed by atoms with Crippen LogP contribution in [0.25, 0.3) is 10.9 Å². The third-order valence-corrected chi connectivity index (χ3v) is 5.39. The molecule has 2 aromatic carbocycles. The molecular weight excluding hydrogens is 375 g/mol. The highest BCUT2D eigenvalue weighted by Gasteiger charge is 2.39. The van der Waals surface area contributed by atoms with Crippen molar-refractivity contribution in [1.29, 1.82) is 0 Å². The second-order valence-corrected chi connectivity index (χ2v) is 7.15. The van der Waals surface area contributed by atoms with Gasteiger partial charge in [-0.2, -0.15) is 0 Å². The van der Waals surface area contributed by atoms with E-state index in [1.165, 1.54) is 17.2 Å². The van der Waals surface area contributed by atoms with Crippen molar-refractivity contribution in [3.63, 3.8) is 0 Å². The number of carbonyl (C=O) groups is 1. The number of carbonyl (C=O) groups excluding carboxylic acids is 1. The number of nitrogens with zero attached hydrogens (tertiary/aromatic N) is 1. The summed E-state index contributed by atoms with van der Waals surface area (Å²) in [6.45, 7) is 2.24. The number of aryl methyl sites for hydroxylation is 1. The lowest BCUT2D eigenvalue weighted by molar-refractivity contribution is 0.0704. The third kappa shape index (κ3) is 3.21. The number of pyridine rings is 1. The van der Waals surface area contributed by atoms with Crippen LogP contribution in [0.2, 0.25) is 0 Å². The van der Waals surface area contributed by atoms with E-state index in [-0.39, 0.29) is 34.3 Å². The summed E-state index contributed by atoms with van der Waals surface area (Å²) in [6.07, 6.45) is 2.21. The molecule has 0 spiro atoms. The first kappa shape index (κ1) is 18.9. The molecule has 29 heavy (non-hydrogen) atoms. The molecule has 2 atom stereocenters. The molecule has 1 aliphatic carbocycles. The molecule has 8 heteroatoms. The molecule has 5 N–H and O–H groups in total. The fourth-order valence-electron chi connectivity index (χ4n) is 3.76. The number of nitrogens with one attached hydrogen (secondary N) is 2. The van der Waals surface area contributed by atoms with Gasteiger partial charge in [0.2, 0.25) is 5.43 Å². The van der Waals surface area contributed by atoms with E-state index in [0.29, 0.717) is 12.1 Å². The second-order valence-electron chi connectivity index (χ2n) is 7.15. The maximum atomic E-state index is 15.0. The molecule has 0 saturated heterocycles. The number of hydrogen-bond donors (Lipinski definition) is 4. The minimum absolute atomic E-state index is 0.0741. The smallest absolute Gasteiger partial charge is 0.280 e. The maximum Gasteiger partial charge on any atom is 0.280 e. The Morgan fingerprint density at radius 2 is 2.07 bits per heavy atom. The number of amides is 1. The highest BCUT2D eigenvalue weighted by Crippen LogP contribution is 2.43. The highest BCUT2D eigenvalue weighted by atomic mass is 19.1. The van der Waals surface area contributed by atoms with Crippen LogP contribution in [-0.4, -0.2) is 21.7 Å². The van der Waals surface area contributed by atoms with E-state index in [0.717, 1.165) is 6.42 Å². The Hall–Kier alpha value is -3.39. The van der Waals surface area contributed by atoms with Gasteiger partial charge in [-0.05, 0) is 25.0 Å². The van der Waals surface area contributed by atoms with Gasteiger partial charge in [-0.1, -0.05) is 30.3 Å². The van der Waals surface area contributed by atoms with Gasteiger partial charge < -0.3 is 15.6 Å². The first-order valence-electron chi connectivity index (χ1n) is 9.37. The molecule has 1 heterocycles. The van der Waals surface area contributed by atoms with Crippen LogP contribution in [0.3, 0.4) is 0 Å². The average Bonchev–Trinajstić information content (AvgIpc) is 3.51. The number of hydrogen-bond acceptors (Lipinski definition) is 5. The molecule has 0 aliphatic heterocycles. The molecule has 1 fully saturated rings. The van der Waals surface area contributed by atoms with Crippen LogP contribution in [0.15, 0.2) is 47.4 Å². The molecular formula is C21H21FN4O3. The number of nitrogen functional groups attached to an aromatic ring is 1. The van der Waals surface area contributed by atoms with E-state index in [2.05, 4.69) is 5.32 Å². The van der Waals surface area contributed by atoms with Crippen LogP contribution in [-0.2, 0) is 6.54 Å². The summed E-state index contributed by atoms with van der Waals surface area (Å²) >= 11 is 0. The van der Waals surface area contributed by atoms with Crippen molar-refractivity contribution < 1.29 is 14.4 Å². The van der Waals surface area contributed by atoms with Crippen molar-refractivity contribution in [2.45, 2.75) is 31.8 Å². The standard InChI is InChI=1S/C21H21FN4O3/c1-2-26-10-13(21(28)25-29)20(27)17-16(26)9-15(18(22)19(17)23)24-14-8-12(14)11-6-4-3-5-7-11/h3-7,9-10,12,14,24,29H,2,8,23H2,1H3,(H,25,28)/t12-,14+/m0/s1. The van der Waals surface area contributed by atoms with Crippen molar-refractivity contribution in [2.24, 2.45) is 0 Å². The van der Waals surface area contributed by atoms with E-state index in [4.69, 9.17) is 10.9 Å². The van der Waals surface area contributed by atoms with Gasteiger partial charge in [0.25, 0.3) is 5.91 Å². The Bertz CT molecular complexity index is 1160. The summed E-state index contributed by atoms with van der Waals surface area (Å²) in [5.41, 5.74) is 7.89. The molecule has 4 rings (SSSR count). The van der Waals surface area contributed by atoms with E-state index in [1.54, 1.807) is 10.6 Å². The number of fused-ring (bicyclic) bond motifs is 1. The van der Waals surface area contributed by atoms with Crippen LogP contribution in [0.1, 0.15) is 35.2 Å². The lowest BCUT2D eigenvalue weighted by Gasteiger charge is -2.16. The molecule has 1 aromatic heterocycles. The Morgan fingerprint density at radius 3 is 2.72 bits per heavy atom. The summed E-state index contributed by atoms with van der Waals surface area (Å²) in [4.78, 5) is 24.5. The number of aromatic nitrogens is 1.